The van der Waals surface area contributed by atoms with Crippen molar-refractivity contribution in [2.75, 3.05) is 13.2 Å². The van der Waals surface area contributed by atoms with Crippen LogP contribution in [-0.2, 0) is 4.74 Å². The van der Waals surface area contributed by atoms with E-state index in [0.717, 1.165) is 25.9 Å². The molecule has 0 aromatic carbocycles. The lowest BCUT2D eigenvalue weighted by molar-refractivity contribution is 0.0125. The molecule has 0 aromatic heterocycles. The molecular formula is C11H22O2. The van der Waals surface area contributed by atoms with Gasteiger partial charge >= 0.3 is 0 Å². The third kappa shape index (κ3) is 3.28. The van der Waals surface area contributed by atoms with E-state index >= 15 is 0 Å². The van der Waals surface area contributed by atoms with Crippen LogP contribution in [0.15, 0.2) is 0 Å². The van der Waals surface area contributed by atoms with Gasteiger partial charge in [0.15, 0.2) is 0 Å². The summed E-state index contributed by atoms with van der Waals surface area (Å²) >= 11 is 0. The van der Waals surface area contributed by atoms with Crippen molar-refractivity contribution in [1.29, 1.82) is 0 Å². The second-order valence-corrected chi connectivity index (χ2v) is 4.67. The van der Waals surface area contributed by atoms with Crippen molar-refractivity contribution in [3.63, 3.8) is 0 Å². The van der Waals surface area contributed by atoms with E-state index in [-0.39, 0.29) is 0 Å². The maximum absolute atomic E-state index is 8.70. The average Bonchev–Trinajstić information content (AvgIpc) is 2.56. The van der Waals surface area contributed by atoms with E-state index in [4.69, 9.17) is 9.84 Å². The Morgan fingerprint density at radius 1 is 1.38 bits per heavy atom. The van der Waals surface area contributed by atoms with Crippen molar-refractivity contribution in [3.05, 3.63) is 0 Å². The van der Waals surface area contributed by atoms with Gasteiger partial charge in [0.05, 0.1) is 6.10 Å². The van der Waals surface area contributed by atoms with Crippen LogP contribution in [-0.4, -0.2) is 24.4 Å². The van der Waals surface area contributed by atoms with Gasteiger partial charge in [-0.25, -0.2) is 0 Å². The molecule has 1 heterocycles. The Hall–Kier alpha value is -0.0800. The molecule has 0 bridgehead atoms. The molecule has 1 saturated heterocycles. The van der Waals surface area contributed by atoms with Crippen LogP contribution < -0.4 is 0 Å². The zero-order chi connectivity index (χ0) is 9.73. The summed E-state index contributed by atoms with van der Waals surface area (Å²) < 4.78 is 5.69. The van der Waals surface area contributed by atoms with Crippen LogP contribution in [0.2, 0.25) is 0 Å². The van der Waals surface area contributed by atoms with Gasteiger partial charge in [-0.2, -0.15) is 0 Å². The number of hydrogen-bond donors (Lipinski definition) is 1. The molecule has 13 heavy (non-hydrogen) atoms. The summed E-state index contributed by atoms with van der Waals surface area (Å²) in [6.07, 6.45) is 6.09. The predicted molar refractivity (Wildman–Crippen MR) is 53.7 cm³/mol. The maximum atomic E-state index is 8.70. The van der Waals surface area contributed by atoms with Crippen molar-refractivity contribution in [2.45, 2.75) is 52.1 Å². The summed E-state index contributed by atoms with van der Waals surface area (Å²) in [4.78, 5) is 0. The number of aliphatic hydroxyl groups excluding tert-OH is 1. The van der Waals surface area contributed by atoms with Gasteiger partial charge in [0.2, 0.25) is 0 Å². The summed E-state index contributed by atoms with van der Waals surface area (Å²) in [5.41, 5.74) is 0.297. The van der Waals surface area contributed by atoms with E-state index in [1.807, 2.05) is 0 Å². The minimum absolute atomic E-state index is 0.297. The first-order valence-corrected chi connectivity index (χ1v) is 5.39. The first kappa shape index (κ1) is 11.0. The lowest BCUT2D eigenvalue weighted by atomic mass is 9.80. The van der Waals surface area contributed by atoms with E-state index in [9.17, 15) is 0 Å². The number of hydrogen-bond acceptors (Lipinski definition) is 2. The number of aliphatic hydroxyl groups is 1. The molecule has 0 spiro atoms. The highest BCUT2D eigenvalue weighted by Gasteiger charge is 2.32. The molecule has 1 fully saturated rings. The lowest BCUT2D eigenvalue weighted by Crippen LogP contribution is -2.28. The second kappa shape index (κ2) is 4.97. The first-order chi connectivity index (χ1) is 6.17. The van der Waals surface area contributed by atoms with Gasteiger partial charge in [-0.05, 0) is 31.1 Å². The topological polar surface area (TPSA) is 29.5 Å². The van der Waals surface area contributed by atoms with Gasteiger partial charge in [-0.1, -0.05) is 20.3 Å². The van der Waals surface area contributed by atoms with Crippen molar-refractivity contribution >= 4 is 0 Å². The highest BCUT2D eigenvalue weighted by atomic mass is 16.5. The standard InChI is InChI=1S/C11H22O2/c1-11(2,7-3-4-8-12)10-6-5-9-13-10/h10,12H,3-9H2,1-2H3. The Kier molecular flexibility index (Phi) is 4.20. The summed E-state index contributed by atoms with van der Waals surface area (Å²) in [5.74, 6) is 0. The Morgan fingerprint density at radius 3 is 2.69 bits per heavy atom. The molecule has 0 saturated carbocycles. The largest absolute Gasteiger partial charge is 0.396 e. The van der Waals surface area contributed by atoms with Crippen LogP contribution in [0, 0.1) is 5.41 Å². The van der Waals surface area contributed by atoms with E-state index in [1.54, 1.807) is 0 Å². The van der Waals surface area contributed by atoms with Gasteiger partial charge in [0.1, 0.15) is 0 Å². The van der Waals surface area contributed by atoms with E-state index in [2.05, 4.69) is 13.8 Å². The molecular weight excluding hydrogens is 164 g/mol. The predicted octanol–water partition coefficient (Wildman–Crippen LogP) is 2.35. The quantitative estimate of drug-likeness (QED) is 0.668. The van der Waals surface area contributed by atoms with Crippen molar-refractivity contribution in [3.8, 4) is 0 Å². The van der Waals surface area contributed by atoms with Gasteiger partial charge in [-0.3, -0.25) is 0 Å². The minimum Gasteiger partial charge on any atom is -0.396 e. The lowest BCUT2D eigenvalue weighted by Gasteiger charge is -2.30. The Bertz CT molecular complexity index is 137. The van der Waals surface area contributed by atoms with Crippen LogP contribution in [0.4, 0.5) is 0 Å². The molecule has 2 heteroatoms. The van der Waals surface area contributed by atoms with Gasteiger partial charge in [0.25, 0.3) is 0 Å². The molecule has 0 radical (unpaired) electrons. The molecule has 1 atom stereocenters. The molecule has 1 unspecified atom stereocenters. The number of unbranched alkanes of at least 4 members (excludes halogenated alkanes) is 1. The van der Waals surface area contributed by atoms with Crippen LogP contribution in [0.25, 0.3) is 0 Å². The zero-order valence-corrected chi connectivity index (χ0v) is 8.88. The van der Waals surface area contributed by atoms with Gasteiger partial charge in [0, 0.05) is 13.2 Å². The molecule has 1 N–H and O–H groups in total. The summed E-state index contributed by atoms with van der Waals surface area (Å²) in [5, 5.41) is 8.70. The summed E-state index contributed by atoms with van der Waals surface area (Å²) in [6.45, 7) is 5.82. The molecule has 0 amide bonds. The average molecular weight is 186 g/mol. The molecule has 78 valence electrons. The SMILES string of the molecule is CC(C)(CCCCO)C1CCCO1. The van der Waals surface area contributed by atoms with Crippen LogP contribution in [0.3, 0.4) is 0 Å². The summed E-state index contributed by atoms with van der Waals surface area (Å²) in [7, 11) is 0. The third-order valence-electron chi connectivity index (χ3n) is 3.03. The maximum Gasteiger partial charge on any atom is 0.0626 e. The van der Waals surface area contributed by atoms with Crippen molar-refractivity contribution in [2.24, 2.45) is 5.41 Å². The number of ether oxygens (including phenoxy) is 1. The Labute approximate surface area is 81.3 Å². The zero-order valence-electron chi connectivity index (χ0n) is 8.88. The molecule has 2 nitrogen and oxygen atoms in total. The first-order valence-electron chi connectivity index (χ1n) is 5.39. The van der Waals surface area contributed by atoms with E-state index in [0.29, 0.717) is 18.1 Å². The van der Waals surface area contributed by atoms with Crippen molar-refractivity contribution in [1.82, 2.24) is 0 Å². The Morgan fingerprint density at radius 2 is 2.15 bits per heavy atom. The highest BCUT2D eigenvalue weighted by molar-refractivity contribution is 4.81. The minimum atomic E-state index is 0.297. The van der Waals surface area contributed by atoms with E-state index in [1.165, 1.54) is 12.8 Å². The van der Waals surface area contributed by atoms with Gasteiger partial charge in [-0.15, -0.1) is 0 Å². The molecule has 1 rings (SSSR count). The third-order valence-corrected chi connectivity index (χ3v) is 3.03. The number of rotatable bonds is 5. The normalized spacial score (nSPS) is 23.8. The fourth-order valence-electron chi connectivity index (χ4n) is 2.05. The van der Waals surface area contributed by atoms with Crippen LogP contribution in [0.5, 0.6) is 0 Å². The Balaban J connectivity index is 2.26. The molecule has 1 aliphatic heterocycles. The molecule has 1 aliphatic rings. The van der Waals surface area contributed by atoms with Crippen LogP contribution >= 0.6 is 0 Å². The fraction of sp³-hybridized carbons (Fsp3) is 1.00. The second-order valence-electron chi connectivity index (χ2n) is 4.67. The van der Waals surface area contributed by atoms with Crippen LogP contribution in [0.1, 0.15) is 46.0 Å². The summed E-state index contributed by atoms with van der Waals surface area (Å²) in [6, 6.07) is 0. The van der Waals surface area contributed by atoms with E-state index < -0.39 is 0 Å². The highest BCUT2D eigenvalue weighted by Crippen LogP contribution is 2.35. The molecule has 0 aliphatic carbocycles. The van der Waals surface area contributed by atoms with Gasteiger partial charge < -0.3 is 9.84 Å². The van der Waals surface area contributed by atoms with Crippen molar-refractivity contribution < 1.29 is 9.84 Å². The molecule has 0 aromatic rings. The fourth-order valence-corrected chi connectivity index (χ4v) is 2.05. The monoisotopic (exact) mass is 186 g/mol. The smallest absolute Gasteiger partial charge is 0.0626 e.